The van der Waals surface area contributed by atoms with E-state index in [1.165, 1.54) is 22.9 Å². The smallest absolute Gasteiger partial charge is 0.234 e. The van der Waals surface area contributed by atoms with E-state index >= 15 is 0 Å². The van der Waals surface area contributed by atoms with Crippen LogP contribution >= 0.6 is 11.8 Å². The fraction of sp³-hybridized carbons (Fsp3) is 0.348. The number of nitrogens with one attached hydrogen (secondary N) is 1. The van der Waals surface area contributed by atoms with Crippen LogP contribution in [0.4, 0.5) is 5.69 Å². The van der Waals surface area contributed by atoms with Gasteiger partial charge in [-0.3, -0.25) is 9.36 Å². The second-order valence-electron chi connectivity index (χ2n) is 8.40. The summed E-state index contributed by atoms with van der Waals surface area (Å²) in [5, 5.41) is 12.7. The number of aromatic nitrogens is 3. The molecule has 2 heterocycles. The lowest BCUT2D eigenvalue weighted by Gasteiger charge is -2.34. The molecule has 1 aliphatic heterocycles. The van der Waals surface area contributed by atoms with E-state index in [1.54, 1.807) is 0 Å². The Morgan fingerprint density at radius 1 is 1.14 bits per heavy atom. The quantitative estimate of drug-likeness (QED) is 0.627. The predicted octanol–water partition coefficient (Wildman–Crippen LogP) is 4.89. The van der Waals surface area contributed by atoms with Crippen molar-refractivity contribution in [2.24, 2.45) is 0 Å². The molecule has 1 amide bonds. The van der Waals surface area contributed by atoms with E-state index in [1.807, 2.05) is 19.9 Å². The van der Waals surface area contributed by atoms with Crippen molar-refractivity contribution in [3.05, 3.63) is 58.7 Å². The zero-order chi connectivity index (χ0) is 20.8. The number of fused-ring (bicyclic) bond motifs is 3. The first-order valence-corrected chi connectivity index (χ1v) is 10.8. The topological polar surface area (TPSA) is 59.8 Å². The van der Waals surface area contributed by atoms with Crippen LogP contribution in [0.5, 0.6) is 0 Å². The first kappa shape index (κ1) is 19.7. The van der Waals surface area contributed by atoms with Crippen molar-refractivity contribution in [3.8, 4) is 11.4 Å². The third kappa shape index (κ3) is 3.69. The highest BCUT2D eigenvalue weighted by Crippen LogP contribution is 2.39. The second-order valence-corrected chi connectivity index (χ2v) is 9.34. The van der Waals surface area contributed by atoms with Crippen molar-refractivity contribution in [2.45, 2.75) is 51.7 Å². The number of rotatable bonds is 4. The molecular formula is C23H26N4OS. The van der Waals surface area contributed by atoms with E-state index in [4.69, 9.17) is 0 Å². The van der Waals surface area contributed by atoms with Gasteiger partial charge in [0.15, 0.2) is 11.0 Å². The van der Waals surface area contributed by atoms with Gasteiger partial charge < -0.3 is 5.32 Å². The molecule has 0 saturated heterocycles. The molecule has 3 aromatic rings. The molecule has 0 fully saturated rings. The summed E-state index contributed by atoms with van der Waals surface area (Å²) in [6, 6.07) is 12.5. The minimum atomic E-state index is -0.143. The Morgan fingerprint density at radius 3 is 2.55 bits per heavy atom. The summed E-state index contributed by atoms with van der Waals surface area (Å²) >= 11 is 1.44. The molecular weight excluding hydrogens is 380 g/mol. The van der Waals surface area contributed by atoms with E-state index in [9.17, 15) is 4.79 Å². The number of carbonyl (C=O) groups is 1. The fourth-order valence-corrected chi connectivity index (χ4v) is 5.10. The van der Waals surface area contributed by atoms with Crippen LogP contribution in [0.15, 0.2) is 41.6 Å². The summed E-state index contributed by atoms with van der Waals surface area (Å²) in [5.41, 5.74) is 6.54. The third-order valence-electron chi connectivity index (χ3n) is 5.39. The minimum absolute atomic E-state index is 0.0311. The number of benzene rings is 2. The predicted molar refractivity (Wildman–Crippen MR) is 118 cm³/mol. The third-order valence-corrected chi connectivity index (χ3v) is 6.32. The molecule has 0 atom stereocenters. The minimum Gasteiger partial charge on any atom is -0.325 e. The highest BCUT2D eigenvalue weighted by molar-refractivity contribution is 7.99. The molecule has 0 unspecified atom stereocenters. The van der Waals surface area contributed by atoms with E-state index < -0.39 is 0 Å². The Hall–Kier alpha value is -2.60. The number of nitrogens with zero attached hydrogens (tertiary/aromatic N) is 3. The highest BCUT2D eigenvalue weighted by atomic mass is 32.2. The Morgan fingerprint density at radius 2 is 1.83 bits per heavy atom. The standard InChI is InChI=1S/C23H26N4OS/c1-14-10-15(2)20(16(3)11-14)24-19(28)13-29-22-26-25-21-18-9-7-6-8-17(18)12-23(4,5)27(21)22/h6-11H,12-13H2,1-5H3,(H,24,28). The first-order valence-electron chi connectivity index (χ1n) is 9.81. The van der Waals surface area contributed by atoms with Crippen LogP contribution in [0.2, 0.25) is 0 Å². The zero-order valence-corrected chi connectivity index (χ0v) is 18.4. The number of carbonyl (C=O) groups excluding carboxylic acids is 1. The van der Waals surface area contributed by atoms with Crippen LogP contribution in [0, 0.1) is 20.8 Å². The van der Waals surface area contributed by atoms with Gasteiger partial charge >= 0.3 is 0 Å². The van der Waals surface area contributed by atoms with Crippen molar-refractivity contribution in [1.82, 2.24) is 14.8 Å². The average molecular weight is 407 g/mol. The van der Waals surface area contributed by atoms with Gasteiger partial charge in [0.25, 0.3) is 0 Å². The molecule has 150 valence electrons. The molecule has 0 spiro atoms. The SMILES string of the molecule is Cc1cc(C)c(NC(=O)CSc2nnc3n2C(C)(C)Cc2ccccc2-3)c(C)c1. The van der Waals surface area contributed by atoms with Gasteiger partial charge in [-0.1, -0.05) is 53.7 Å². The van der Waals surface area contributed by atoms with Crippen molar-refractivity contribution in [3.63, 3.8) is 0 Å². The summed E-state index contributed by atoms with van der Waals surface area (Å²) in [5.74, 6) is 1.14. The number of hydrogen-bond acceptors (Lipinski definition) is 4. The number of anilines is 1. The summed E-state index contributed by atoms with van der Waals surface area (Å²) in [6.07, 6.45) is 0.912. The molecule has 1 aliphatic rings. The van der Waals surface area contributed by atoms with Gasteiger partial charge in [-0.25, -0.2) is 0 Å². The van der Waals surface area contributed by atoms with Crippen molar-refractivity contribution >= 4 is 23.4 Å². The Balaban J connectivity index is 1.54. The van der Waals surface area contributed by atoms with Gasteiger partial charge in [-0.15, -0.1) is 10.2 Å². The highest BCUT2D eigenvalue weighted by Gasteiger charge is 2.34. The molecule has 0 bridgehead atoms. The summed E-state index contributed by atoms with van der Waals surface area (Å²) in [6.45, 7) is 10.5. The number of hydrogen-bond donors (Lipinski definition) is 1. The van der Waals surface area contributed by atoms with Crippen LogP contribution in [-0.4, -0.2) is 26.4 Å². The van der Waals surface area contributed by atoms with Gasteiger partial charge in [0.05, 0.1) is 5.75 Å². The normalized spacial score (nSPS) is 14.2. The van der Waals surface area contributed by atoms with Gasteiger partial charge in [-0.2, -0.15) is 0 Å². The van der Waals surface area contributed by atoms with Crippen molar-refractivity contribution in [2.75, 3.05) is 11.1 Å². The maximum atomic E-state index is 12.6. The van der Waals surface area contributed by atoms with E-state index in [0.29, 0.717) is 5.75 Å². The maximum Gasteiger partial charge on any atom is 0.234 e. The largest absolute Gasteiger partial charge is 0.325 e. The molecule has 1 N–H and O–H groups in total. The molecule has 0 saturated carbocycles. The molecule has 1 aromatic heterocycles. The summed E-state index contributed by atoms with van der Waals surface area (Å²) in [4.78, 5) is 12.6. The van der Waals surface area contributed by atoms with Crippen molar-refractivity contribution in [1.29, 1.82) is 0 Å². The van der Waals surface area contributed by atoms with Crippen LogP contribution in [0.25, 0.3) is 11.4 Å². The Bertz CT molecular complexity index is 1080. The van der Waals surface area contributed by atoms with Gasteiger partial charge in [0.1, 0.15) is 0 Å². The van der Waals surface area contributed by atoms with Gasteiger partial charge in [0, 0.05) is 16.8 Å². The Kier molecular flexibility index (Phi) is 4.99. The average Bonchev–Trinajstić information content (AvgIpc) is 3.08. The molecule has 0 aliphatic carbocycles. The van der Waals surface area contributed by atoms with E-state index in [2.05, 4.69) is 71.2 Å². The number of aryl methyl sites for hydroxylation is 3. The van der Waals surface area contributed by atoms with Crippen molar-refractivity contribution < 1.29 is 4.79 Å². The number of amides is 1. The molecule has 5 nitrogen and oxygen atoms in total. The molecule has 6 heteroatoms. The van der Waals surface area contributed by atoms with Gasteiger partial charge in [0.2, 0.25) is 5.91 Å². The Labute approximate surface area is 175 Å². The van der Waals surface area contributed by atoms with Crippen LogP contribution < -0.4 is 5.32 Å². The summed E-state index contributed by atoms with van der Waals surface area (Å²) in [7, 11) is 0. The maximum absolute atomic E-state index is 12.6. The number of thioether (sulfide) groups is 1. The lowest BCUT2D eigenvalue weighted by molar-refractivity contribution is -0.113. The molecule has 29 heavy (non-hydrogen) atoms. The lowest BCUT2D eigenvalue weighted by atomic mass is 9.87. The summed E-state index contributed by atoms with van der Waals surface area (Å²) < 4.78 is 2.18. The molecule has 4 rings (SSSR count). The van der Waals surface area contributed by atoms with Crippen LogP contribution in [0.1, 0.15) is 36.1 Å². The van der Waals surface area contributed by atoms with Crippen LogP contribution in [0.3, 0.4) is 0 Å². The second kappa shape index (κ2) is 7.34. The van der Waals surface area contributed by atoms with Crippen LogP contribution in [-0.2, 0) is 16.8 Å². The fourth-order valence-electron chi connectivity index (χ4n) is 4.20. The zero-order valence-electron chi connectivity index (χ0n) is 17.5. The monoisotopic (exact) mass is 406 g/mol. The molecule has 0 radical (unpaired) electrons. The first-order chi connectivity index (χ1) is 13.8. The van der Waals surface area contributed by atoms with Gasteiger partial charge in [-0.05, 0) is 57.7 Å². The lowest BCUT2D eigenvalue weighted by Crippen LogP contribution is -2.33. The van der Waals surface area contributed by atoms with E-state index in [-0.39, 0.29) is 11.4 Å². The van der Waals surface area contributed by atoms with E-state index in [0.717, 1.165) is 39.8 Å². The molecule has 2 aromatic carbocycles.